The van der Waals surface area contributed by atoms with Gasteiger partial charge < -0.3 is 5.32 Å². The van der Waals surface area contributed by atoms with E-state index < -0.39 is 0 Å². The van der Waals surface area contributed by atoms with Gasteiger partial charge in [-0.25, -0.2) is 0 Å². The first-order valence-corrected chi connectivity index (χ1v) is 6.09. The highest BCUT2D eigenvalue weighted by Crippen LogP contribution is 2.22. The van der Waals surface area contributed by atoms with Crippen LogP contribution in [-0.2, 0) is 11.2 Å². The molecule has 0 unspecified atom stereocenters. The molecule has 0 bridgehead atoms. The van der Waals surface area contributed by atoms with Crippen LogP contribution in [0.2, 0.25) is 10.0 Å². The lowest BCUT2D eigenvalue weighted by molar-refractivity contribution is -0.121. The van der Waals surface area contributed by atoms with Gasteiger partial charge in [-0.1, -0.05) is 36.2 Å². The Morgan fingerprint density at radius 1 is 1.31 bits per heavy atom. The van der Waals surface area contributed by atoms with Crippen LogP contribution in [0.25, 0.3) is 0 Å². The first-order chi connectivity index (χ1) is 7.63. The Bertz CT molecular complexity index is 366. The van der Waals surface area contributed by atoms with Crippen LogP contribution in [-0.4, -0.2) is 12.5 Å². The van der Waals surface area contributed by atoms with Crippen molar-refractivity contribution in [2.24, 2.45) is 0 Å². The van der Waals surface area contributed by atoms with Crippen LogP contribution >= 0.6 is 23.2 Å². The molecular formula is C12H15Cl2NO. The molecule has 1 aromatic carbocycles. The highest BCUT2D eigenvalue weighted by atomic mass is 35.5. The molecule has 4 heteroatoms. The molecule has 0 fully saturated rings. The van der Waals surface area contributed by atoms with E-state index in [1.165, 1.54) is 0 Å². The second-order valence-corrected chi connectivity index (χ2v) is 4.41. The van der Waals surface area contributed by atoms with E-state index in [4.69, 9.17) is 23.2 Å². The molecule has 0 aliphatic carbocycles. The van der Waals surface area contributed by atoms with Gasteiger partial charge in [-0.05, 0) is 30.5 Å². The van der Waals surface area contributed by atoms with Crippen LogP contribution in [0.1, 0.15) is 25.3 Å². The number of nitrogens with one attached hydrogen (secondary N) is 1. The maximum Gasteiger partial charge on any atom is 0.219 e. The van der Waals surface area contributed by atoms with Crippen LogP contribution in [0.5, 0.6) is 0 Å². The number of carbonyl (C=O) groups is 1. The molecule has 0 aliphatic rings. The lowest BCUT2D eigenvalue weighted by atomic mass is 10.1. The van der Waals surface area contributed by atoms with Crippen molar-refractivity contribution >= 4 is 29.1 Å². The Kier molecular flexibility index (Phi) is 5.64. The smallest absolute Gasteiger partial charge is 0.219 e. The molecule has 0 aliphatic heterocycles. The minimum atomic E-state index is 0.0996. The topological polar surface area (TPSA) is 29.1 Å². The van der Waals surface area contributed by atoms with Crippen LogP contribution < -0.4 is 5.32 Å². The SMILES string of the molecule is CCCC(=O)NCCc1ccc(Cl)c(Cl)c1. The summed E-state index contributed by atoms with van der Waals surface area (Å²) in [5.41, 5.74) is 1.08. The molecule has 0 radical (unpaired) electrons. The summed E-state index contributed by atoms with van der Waals surface area (Å²) in [6, 6.07) is 5.52. The van der Waals surface area contributed by atoms with Crippen molar-refractivity contribution in [2.45, 2.75) is 26.2 Å². The minimum Gasteiger partial charge on any atom is -0.356 e. The Morgan fingerprint density at radius 3 is 2.69 bits per heavy atom. The predicted octanol–water partition coefficient (Wildman–Crippen LogP) is 3.45. The molecule has 2 nitrogen and oxygen atoms in total. The molecule has 1 N–H and O–H groups in total. The van der Waals surface area contributed by atoms with Gasteiger partial charge in [0.25, 0.3) is 0 Å². The van der Waals surface area contributed by atoms with E-state index >= 15 is 0 Å². The van der Waals surface area contributed by atoms with E-state index in [1.807, 2.05) is 19.1 Å². The van der Waals surface area contributed by atoms with Crippen molar-refractivity contribution in [1.29, 1.82) is 0 Å². The lowest BCUT2D eigenvalue weighted by Gasteiger charge is -2.05. The summed E-state index contributed by atoms with van der Waals surface area (Å²) in [4.78, 5) is 11.2. The zero-order valence-corrected chi connectivity index (χ0v) is 10.7. The summed E-state index contributed by atoms with van der Waals surface area (Å²) in [5.74, 6) is 0.0996. The van der Waals surface area contributed by atoms with Gasteiger partial charge in [0, 0.05) is 13.0 Å². The van der Waals surface area contributed by atoms with Gasteiger partial charge >= 0.3 is 0 Å². The van der Waals surface area contributed by atoms with E-state index in [-0.39, 0.29) is 5.91 Å². The third kappa shape index (κ3) is 4.42. The number of amides is 1. The molecule has 1 rings (SSSR count). The minimum absolute atomic E-state index is 0.0996. The fourth-order valence-corrected chi connectivity index (χ4v) is 1.68. The molecule has 0 atom stereocenters. The Hall–Kier alpha value is -0.730. The number of benzene rings is 1. The fourth-order valence-electron chi connectivity index (χ4n) is 1.36. The maximum atomic E-state index is 11.2. The fraction of sp³-hybridized carbons (Fsp3) is 0.417. The number of rotatable bonds is 5. The molecule has 0 saturated heterocycles. The molecule has 88 valence electrons. The van der Waals surface area contributed by atoms with Gasteiger partial charge in [0.05, 0.1) is 10.0 Å². The van der Waals surface area contributed by atoms with Gasteiger partial charge in [-0.3, -0.25) is 4.79 Å². The molecular weight excluding hydrogens is 245 g/mol. The van der Waals surface area contributed by atoms with Crippen LogP contribution in [0, 0.1) is 0 Å². The molecule has 0 spiro atoms. The van der Waals surface area contributed by atoms with Gasteiger partial charge in [-0.15, -0.1) is 0 Å². The van der Waals surface area contributed by atoms with E-state index in [0.29, 0.717) is 23.0 Å². The average Bonchev–Trinajstić information content (AvgIpc) is 2.24. The highest BCUT2D eigenvalue weighted by Gasteiger charge is 2.01. The van der Waals surface area contributed by atoms with Crippen molar-refractivity contribution in [3.8, 4) is 0 Å². The predicted molar refractivity (Wildman–Crippen MR) is 68.1 cm³/mol. The normalized spacial score (nSPS) is 10.2. The summed E-state index contributed by atoms with van der Waals surface area (Å²) in [6.07, 6.45) is 2.23. The summed E-state index contributed by atoms with van der Waals surface area (Å²) in [6.45, 7) is 2.62. The molecule has 1 aromatic rings. The molecule has 1 amide bonds. The molecule has 16 heavy (non-hydrogen) atoms. The maximum absolute atomic E-state index is 11.2. The third-order valence-electron chi connectivity index (χ3n) is 2.20. The zero-order chi connectivity index (χ0) is 12.0. The Balaban J connectivity index is 2.37. The summed E-state index contributed by atoms with van der Waals surface area (Å²) in [5, 5.41) is 3.96. The Morgan fingerprint density at radius 2 is 2.06 bits per heavy atom. The number of hydrogen-bond donors (Lipinski definition) is 1. The van der Waals surface area contributed by atoms with Crippen LogP contribution in [0.3, 0.4) is 0 Å². The quantitative estimate of drug-likeness (QED) is 0.863. The molecule has 0 heterocycles. The van der Waals surface area contributed by atoms with E-state index in [2.05, 4.69) is 5.32 Å². The third-order valence-corrected chi connectivity index (χ3v) is 2.94. The van der Waals surface area contributed by atoms with Crippen molar-refractivity contribution in [1.82, 2.24) is 5.32 Å². The standard InChI is InChI=1S/C12H15Cl2NO/c1-2-3-12(16)15-7-6-9-4-5-10(13)11(14)8-9/h4-5,8H,2-3,6-7H2,1H3,(H,15,16). The summed E-state index contributed by atoms with van der Waals surface area (Å²) < 4.78 is 0. The van der Waals surface area contributed by atoms with Gasteiger partial charge in [-0.2, -0.15) is 0 Å². The van der Waals surface area contributed by atoms with Crippen molar-refractivity contribution < 1.29 is 4.79 Å². The zero-order valence-electron chi connectivity index (χ0n) is 9.22. The van der Waals surface area contributed by atoms with Crippen LogP contribution in [0.4, 0.5) is 0 Å². The number of carbonyl (C=O) groups excluding carboxylic acids is 1. The van der Waals surface area contributed by atoms with Gasteiger partial charge in [0.15, 0.2) is 0 Å². The molecule has 0 saturated carbocycles. The van der Waals surface area contributed by atoms with Crippen molar-refractivity contribution in [2.75, 3.05) is 6.54 Å². The summed E-state index contributed by atoms with van der Waals surface area (Å²) in [7, 11) is 0. The Labute approximate surface area is 106 Å². The second kappa shape index (κ2) is 6.77. The monoisotopic (exact) mass is 259 g/mol. The van der Waals surface area contributed by atoms with Crippen molar-refractivity contribution in [3.05, 3.63) is 33.8 Å². The number of hydrogen-bond acceptors (Lipinski definition) is 1. The van der Waals surface area contributed by atoms with Gasteiger partial charge in [0.1, 0.15) is 0 Å². The van der Waals surface area contributed by atoms with Gasteiger partial charge in [0.2, 0.25) is 5.91 Å². The van der Waals surface area contributed by atoms with Crippen molar-refractivity contribution in [3.63, 3.8) is 0 Å². The largest absolute Gasteiger partial charge is 0.356 e. The number of halogens is 2. The highest BCUT2D eigenvalue weighted by molar-refractivity contribution is 6.42. The van der Waals surface area contributed by atoms with E-state index in [0.717, 1.165) is 18.4 Å². The van der Waals surface area contributed by atoms with E-state index in [1.54, 1.807) is 6.07 Å². The van der Waals surface area contributed by atoms with Crippen LogP contribution in [0.15, 0.2) is 18.2 Å². The summed E-state index contributed by atoms with van der Waals surface area (Å²) >= 11 is 11.7. The lowest BCUT2D eigenvalue weighted by Crippen LogP contribution is -2.25. The first-order valence-electron chi connectivity index (χ1n) is 5.34. The molecule has 0 aromatic heterocycles. The average molecular weight is 260 g/mol. The first kappa shape index (κ1) is 13.3. The van der Waals surface area contributed by atoms with E-state index in [9.17, 15) is 4.79 Å². The second-order valence-electron chi connectivity index (χ2n) is 3.60.